The lowest BCUT2D eigenvalue weighted by atomic mass is 9.96. The van der Waals surface area contributed by atoms with Crippen molar-refractivity contribution in [1.82, 2.24) is 25.1 Å². The number of benzene rings is 2. The van der Waals surface area contributed by atoms with Gasteiger partial charge < -0.3 is 35.2 Å². The smallest absolute Gasteiger partial charge is 0.421 e. The molecule has 0 aliphatic carbocycles. The topological polar surface area (TPSA) is 173 Å². The largest absolute Gasteiger partial charge is 0.495 e. The molecule has 13 nitrogen and oxygen atoms in total. The van der Waals surface area contributed by atoms with Gasteiger partial charge in [-0.3, -0.25) is 14.0 Å². The van der Waals surface area contributed by atoms with Crippen LogP contribution in [-0.4, -0.2) is 63.0 Å². The minimum atomic E-state index is -4.84. The molecule has 17 heteroatoms. The van der Waals surface area contributed by atoms with Crippen LogP contribution in [-0.2, 0) is 28.0 Å². The van der Waals surface area contributed by atoms with Crippen LogP contribution in [0.5, 0.6) is 5.75 Å². The van der Waals surface area contributed by atoms with Crippen molar-refractivity contribution in [3.05, 3.63) is 71.2 Å². The van der Waals surface area contributed by atoms with Gasteiger partial charge in [0.05, 0.1) is 43.0 Å². The Morgan fingerprint density at radius 2 is 1.87 bits per heavy atom. The number of nitrogens with one attached hydrogen (secondary N) is 3. The third-order valence-corrected chi connectivity index (χ3v) is 8.41. The molecular formula is C30H35F3N7O6P. The van der Waals surface area contributed by atoms with Crippen LogP contribution < -0.4 is 20.7 Å². The van der Waals surface area contributed by atoms with Crippen molar-refractivity contribution in [2.45, 2.75) is 39.2 Å². The lowest BCUT2D eigenvalue weighted by Crippen LogP contribution is -2.21. The van der Waals surface area contributed by atoms with E-state index in [4.69, 9.17) is 14.4 Å². The van der Waals surface area contributed by atoms with Crippen LogP contribution in [0.2, 0.25) is 0 Å². The van der Waals surface area contributed by atoms with Crippen LogP contribution in [0, 0.1) is 6.92 Å². The van der Waals surface area contributed by atoms with Gasteiger partial charge in [-0.15, -0.1) is 0 Å². The number of carbonyl (C=O) groups is 1. The fourth-order valence-electron chi connectivity index (χ4n) is 4.81. The molecule has 252 valence electrons. The summed E-state index contributed by atoms with van der Waals surface area (Å²) in [6.07, 6.45) is -0.643. The average molecular weight is 678 g/mol. The fraction of sp³-hybridized carbons (Fsp3) is 0.333. The number of aliphatic hydroxyl groups is 1. The van der Waals surface area contributed by atoms with E-state index >= 15 is 0 Å². The number of methoxy groups -OCH3 is 1. The Labute approximate surface area is 268 Å². The summed E-state index contributed by atoms with van der Waals surface area (Å²) >= 11 is 0. The molecule has 0 saturated heterocycles. The molecule has 2 aromatic carbocycles. The zero-order valence-corrected chi connectivity index (χ0v) is 26.9. The number of alkyl halides is 3. The number of aromatic nitrogens is 4. The predicted molar refractivity (Wildman–Crippen MR) is 169 cm³/mol. The Hall–Kier alpha value is -4.50. The zero-order chi connectivity index (χ0) is 34.4. The SMILES string of the molecule is CCOP(=O)(O)Cc1ccc(Nc2ncc(C(F)(F)F)c(Nc3ccc(-c4cnn(CCCO)c4)c(C)c3C(=O)NC)n2)c(OC)c1. The number of ether oxygens (including phenoxy) is 1. The number of anilines is 4. The van der Waals surface area contributed by atoms with Crippen molar-refractivity contribution in [2.24, 2.45) is 0 Å². The quantitative estimate of drug-likeness (QED) is 0.105. The molecule has 4 aromatic rings. The van der Waals surface area contributed by atoms with Gasteiger partial charge in [-0.25, -0.2) is 4.98 Å². The second kappa shape index (κ2) is 14.9. The Morgan fingerprint density at radius 1 is 1.13 bits per heavy atom. The van der Waals surface area contributed by atoms with Gasteiger partial charge in [-0.05, 0) is 55.2 Å². The Morgan fingerprint density at radius 3 is 2.53 bits per heavy atom. The number of carbonyl (C=O) groups excluding carboxylic acids is 1. The molecule has 0 aliphatic rings. The van der Waals surface area contributed by atoms with E-state index in [1.54, 1.807) is 37.0 Å². The highest BCUT2D eigenvalue weighted by molar-refractivity contribution is 7.51. The highest BCUT2D eigenvalue weighted by atomic mass is 31.2. The van der Waals surface area contributed by atoms with Gasteiger partial charge in [0.2, 0.25) is 5.95 Å². The summed E-state index contributed by atoms with van der Waals surface area (Å²) in [4.78, 5) is 31.0. The average Bonchev–Trinajstić information content (AvgIpc) is 3.48. The van der Waals surface area contributed by atoms with Crippen molar-refractivity contribution in [3.63, 3.8) is 0 Å². The van der Waals surface area contributed by atoms with E-state index in [0.29, 0.717) is 41.4 Å². The summed E-state index contributed by atoms with van der Waals surface area (Å²) in [5.41, 5.74) is 1.50. The third kappa shape index (κ3) is 8.65. The molecule has 0 spiro atoms. The first-order chi connectivity index (χ1) is 22.3. The van der Waals surface area contributed by atoms with E-state index in [0.717, 1.165) is 0 Å². The summed E-state index contributed by atoms with van der Waals surface area (Å²) < 4.78 is 66.5. The van der Waals surface area contributed by atoms with Gasteiger partial charge >= 0.3 is 13.8 Å². The molecule has 1 atom stereocenters. The van der Waals surface area contributed by atoms with Crippen molar-refractivity contribution >= 4 is 36.6 Å². The van der Waals surface area contributed by atoms with E-state index in [1.165, 1.54) is 38.4 Å². The number of hydrogen-bond donors (Lipinski definition) is 5. The predicted octanol–water partition coefficient (Wildman–Crippen LogP) is 5.63. The number of hydrogen-bond acceptors (Lipinski definition) is 10. The highest BCUT2D eigenvalue weighted by Crippen LogP contribution is 2.46. The van der Waals surface area contributed by atoms with E-state index in [-0.39, 0.29) is 48.0 Å². The van der Waals surface area contributed by atoms with Gasteiger partial charge in [0, 0.05) is 38.2 Å². The first-order valence-electron chi connectivity index (χ1n) is 14.4. The second-order valence-electron chi connectivity index (χ2n) is 10.3. The van der Waals surface area contributed by atoms with Crippen molar-refractivity contribution < 1.29 is 41.8 Å². The van der Waals surface area contributed by atoms with Gasteiger partial charge in [0.25, 0.3) is 5.91 Å². The van der Waals surface area contributed by atoms with Crippen molar-refractivity contribution in [3.8, 4) is 16.9 Å². The maximum absolute atomic E-state index is 14.1. The zero-order valence-electron chi connectivity index (χ0n) is 26.1. The first-order valence-corrected chi connectivity index (χ1v) is 16.2. The molecule has 1 amide bonds. The van der Waals surface area contributed by atoms with Crippen LogP contribution >= 0.6 is 7.60 Å². The molecule has 47 heavy (non-hydrogen) atoms. The Kier molecular flexibility index (Phi) is 11.2. The molecule has 0 radical (unpaired) electrons. The molecule has 4 rings (SSSR count). The van der Waals surface area contributed by atoms with E-state index in [9.17, 15) is 27.4 Å². The summed E-state index contributed by atoms with van der Waals surface area (Å²) in [6.45, 7) is 3.81. The molecule has 5 N–H and O–H groups in total. The van der Waals surface area contributed by atoms with Crippen LogP contribution in [0.15, 0.2) is 48.9 Å². The lowest BCUT2D eigenvalue weighted by molar-refractivity contribution is -0.137. The maximum atomic E-state index is 14.1. The first kappa shape index (κ1) is 35.4. The van der Waals surface area contributed by atoms with Crippen LogP contribution in [0.1, 0.15) is 40.4 Å². The van der Waals surface area contributed by atoms with Crippen LogP contribution in [0.25, 0.3) is 11.1 Å². The summed E-state index contributed by atoms with van der Waals surface area (Å²) in [5.74, 6) is -1.16. The molecular weight excluding hydrogens is 642 g/mol. The van der Waals surface area contributed by atoms with Crippen molar-refractivity contribution in [2.75, 3.05) is 38.0 Å². The fourth-order valence-corrected chi connectivity index (χ4v) is 5.96. The molecule has 0 aliphatic heterocycles. The summed E-state index contributed by atoms with van der Waals surface area (Å²) in [7, 11) is -1.12. The van der Waals surface area contributed by atoms with Gasteiger partial charge in [-0.2, -0.15) is 23.3 Å². The number of aryl methyl sites for hydroxylation is 1. The molecule has 0 fully saturated rings. The van der Waals surface area contributed by atoms with Crippen LogP contribution in [0.4, 0.5) is 36.3 Å². The minimum Gasteiger partial charge on any atom is -0.495 e. The molecule has 1 unspecified atom stereocenters. The Balaban J connectivity index is 1.71. The second-order valence-corrected chi connectivity index (χ2v) is 12.1. The molecule has 2 aromatic heterocycles. The van der Waals surface area contributed by atoms with E-state index < -0.39 is 31.1 Å². The van der Waals surface area contributed by atoms with Gasteiger partial charge in [0.1, 0.15) is 17.1 Å². The highest BCUT2D eigenvalue weighted by Gasteiger charge is 2.36. The molecule has 0 bridgehead atoms. The number of amides is 1. The number of aliphatic hydroxyl groups excluding tert-OH is 1. The maximum Gasteiger partial charge on any atom is 0.421 e. The number of halogens is 3. The molecule has 2 heterocycles. The van der Waals surface area contributed by atoms with Gasteiger partial charge in [-0.1, -0.05) is 12.1 Å². The summed E-state index contributed by atoms with van der Waals surface area (Å²) in [5, 5.41) is 21.5. The Bertz CT molecular complexity index is 1780. The molecule has 0 saturated carbocycles. The monoisotopic (exact) mass is 677 g/mol. The van der Waals surface area contributed by atoms with E-state index in [1.807, 2.05) is 0 Å². The third-order valence-electron chi connectivity index (χ3n) is 6.98. The minimum absolute atomic E-state index is 0.000852. The van der Waals surface area contributed by atoms with Gasteiger partial charge in [0.15, 0.2) is 0 Å². The van der Waals surface area contributed by atoms with Crippen LogP contribution in [0.3, 0.4) is 0 Å². The standard InChI is InChI=1S/C30H35F3N7O6P/c1-5-46-47(43,44)17-19-7-9-23(25(13-19)45-4)38-29-35-15-22(30(31,32)33)27(39-29)37-24-10-8-21(18(2)26(24)28(42)34-3)20-14-36-40(16-20)11-6-12-41/h7-10,13-16,41H,5-6,11-12,17H2,1-4H3,(H,34,42)(H,43,44)(H2,35,37,38,39). The lowest BCUT2D eigenvalue weighted by Gasteiger charge is -2.19. The summed E-state index contributed by atoms with van der Waals surface area (Å²) in [6, 6.07) is 7.67. The number of nitrogens with zero attached hydrogens (tertiary/aromatic N) is 4. The number of rotatable bonds is 14. The van der Waals surface area contributed by atoms with Crippen molar-refractivity contribution in [1.29, 1.82) is 0 Å². The normalized spacial score (nSPS) is 12.8. The van der Waals surface area contributed by atoms with E-state index in [2.05, 4.69) is 31.0 Å².